The lowest BCUT2D eigenvalue weighted by Gasteiger charge is -2.03. The Morgan fingerprint density at radius 1 is 1.45 bits per heavy atom. The lowest BCUT2D eigenvalue weighted by Crippen LogP contribution is -2.02. The summed E-state index contributed by atoms with van der Waals surface area (Å²) < 4.78 is 12.6. The molecule has 4 N–H and O–H groups in total. The van der Waals surface area contributed by atoms with E-state index in [2.05, 4.69) is 0 Å². The second-order valence-electron chi connectivity index (χ2n) is 2.16. The van der Waals surface area contributed by atoms with Gasteiger partial charge in [-0.05, 0) is 17.7 Å². The first-order valence-corrected chi connectivity index (χ1v) is 3.46. The van der Waals surface area contributed by atoms with Crippen LogP contribution in [0.3, 0.4) is 0 Å². The van der Waals surface area contributed by atoms with Gasteiger partial charge in [-0.25, -0.2) is 4.39 Å². The second kappa shape index (κ2) is 3.07. The molecule has 0 saturated heterocycles. The SMILES string of the molecule is NCc1cc(F)cc(Cl)c1N. The minimum absolute atomic E-state index is 0.198. The highest BCUT2D eigenvalue weighted by Crippen LogP contribution is 2.23. The fraction of sp³-hybridized carbons (Fsp3) is 0.143. The van der Waals surface area contributed by atoms with E-state index in [1.54, 1.807) is 0 Å². The van der Waals surface area contributed by atoms with Crippen LogP contribution in [-0.4, -0.2) is 0 Å². The lowest BCUT2D eigenvalue weighted by molar-refractivity contribution is 0.626. The second-order valence-corrected chi connectivity index (χ2v) is 2.57. The Morgan fingerprint density at radius 3 is 2.64 bits per heavy atom. The average Bonchev–Trinajstić information content (AvgIpc) is 1.96. The lowest BCUT2D eigenvalue weighted by atomic mass is 10.2. The zero-order chi connectivity index (χ0) is 8.43. The Kier molecular flexibility index (Phi) is 2.31. The molecule has 0 aliphatic rings. The van der Waals surface area contributed by atoms with Crippen molar-refractivity contribution in [3.63, 3.8) is 0 Å². The van der Waals surface area contributed by atoms with Gasteiger partial charge in [-0.1, -0.05) is 11.6 Å². The van der Waals surface area contributed by atoms with Crippen molar-refractivity contribution >= 4 is 17.3 Å². The van der Waals surface area contributed by atoms with Crippen LogP contribution < -0.4 is 11.5 Å². The fourth-order valence-electron chi connectivity index (χ4n) is 0.807. The zero-order valence-electron chi connectivity index (χ0n) is 5.77. The van der Waals surface area contributed by atoms with Gasteiger partial charge in [0.1, 0.15) is 5.82 Å². The highest BCUT2D eigenvalue weighted by molar-refractivity contribution is 6.33. The quantitative estimate of drug-likeness (QED) is 0.635. The van der Waals surface area contributed by atoms with Crippen LogP contribution in [0, 0.1) is 5.82 Å². The molecule has 2 nitrogen and oxygen atoms in total. The maximum atomic E-state index is 12.6. The first-order chi connectivity index (χ1) is 5.15. The van der Waals surface area contributed by atoms with Crippen molar-refractivity contribution in [1.82, 2.24) is 0 Å². The van der Waals surface area contributed by atoms with Crippen LogP contribution in [0.4, 0.5) is 10.1 Å². The molecule has 11 heavy (non-hydrogen) atoms. The highest BCUT2D eigenvalue weighted by atomic mass is 35.5. The Morgan fingerprint density at radius 2 is 2.09 bits per heavy atom. The summed E-state index contributed by atoms with van der Waals surface area (Å²) >= 11 is 5.58. The Hall–Kier alpha value is -0.800. The van der Waals surface area contributed by atoms with Gasteiger partial charge in [0.25, 0.3) is 0 Å². The fourth-order valence-corrected chi connectivity index (χ4v) is 1.03. The third-order valence-corrected chi connectivity index (χ3v) is 1.71. The van der Waals surface area contributed by atoms with E-state index in [0.717, 1.165) is 6.07 Å². The van der Waals surface area contributed by atoms with Crippen LogP contribution in [-0.2, 0) is 6.54 Å². The highest BCUT2D eigenvalue weighted by Gasteiger charge is 2.04. The van der Waals surface area contributed by atoms with Gasteiger partial charge in [0, 0.05) is 6.54 Å². The standard InChI is InChI=1S/C7H8ClFN2/c8-6-2-5(9)1-4(3-10)7(6)11/h1-2H,3,10-11H2. The van der Waals surface area contributed by atoms with Crippen molar-refractivity contribution in [2.45, 2.75) is 6.54 Å². The third kappa shape index (κ3) is 1.61. The molecule has 4 heteroatoms. The molecule has 60 valence electrons. The predicted octanol–water partition coefficient (Wildman–Crippen LogP) is 1.52. The maximum absolute atomic E-state index is 12.6. The van der Waals surface area contributed by atoms with Gasteiger partial charge < -0.3 is 11.5 Å². The molecule has 0 aliphatic carbocycles. The van der Waals surface area contributed by atoms with Gasteiger partial charge in [0.05, 0.1) is 10.7 Å². The number of nitrogens with two attached hydrogens (primary N) is 2. The number of halogens is 2. The Bertz CT molecular complexity index is 275. The molecule has 0 saturated carbocycles. The third-order valence-electron chi connectivity index (χ3n) is 1.40. The molecule has 0 amide bonds. The molecule has 1 aromatic rings. The van der Waals surface area contributed by atoms with Crippen molar-refractivity contribution < 1.29 is 4.39 Å². The smallest absolute Gasteiger partial charge is 0.125 e. The maximum Gasteiger partial charge on any atom is 0.125 e. The molecule has 0 bridgehead atoms. The summed E-state index contributed by atoms with van der Waals surface area (Å²) in [5.41, 5.74) is 11.7. The van der Waals surface area contributed by atoms with Gasteiger partial charge in [0.2, 0.25) is 0 Å². The molecule has 0 radical (unpaired) electrons. The number of nitrogen functional groups attached to an aromatic ring is 1. The molecule has 1 rings (SSSR count). The molecule has 0 unspecified atom stereocenters. The predicted molar refractivity (Wildman–Crippen MR) is 43.7 cm³/mol. The molecule has 0 aromatic heterocycles. The number of hydrogen-bond donors (Lipinski definition) is 2. The van der Waals surface area contributed by atoms with Gasteiger partial charge in [0.15, 0.2) is 0 Å². The molecular weight excluding hydrogens is 167 g/mol. The van der Waals surface area contributed by atoms with E-state index in [4.69, 9.17) is 23.1 Å². The van der Waals surface area contributed by atoms with E-state index in [-0.39, 0.29) is 11.6 Å². The van der Waals surface area contributed by atoms with Crippen LogP contribution in [0.5, 0.6) is 0 Å². The van der Waals surface area contributed by atoms with Crippen LogP contribution in [0.25, 0.3) is 0 Å². The van der Waals surface area contributed by atoms with E-state index < -0.39 is 5.82 Å². The summed E-state index contributed by atoms with van der Waals surface area (Å²) in [5, 5.41) is 0.213. The van der Waals surface area contributed by atoms with Crippen molar-refractivity contribution in [2.24, 2.45) is 5.73 Å². The zero-order valence-corrected chi connectivity index (χ0v) is 6.53. The number of benzene rings is 1. The molecule has 0 aliphatic heterocycles. The van der Waals surface area contributed by atoms with Gasteiger partial charge in [-0.3, -0.25) is 0 Å². The van der Waals surface area contributed by atoms with E-state index >= 15 is 0 Å². The van der Waals surface area contributed by atoms with E-state index in [1.807, 2.05) is 0 Å². The van der Waals surface area contributed by atoms with Crippen molar-refractivity contribution in [3.05, 3.63) is 28.5 Å². The first kappa shape index (κ1) is 8.30. The topological polar surface area (TPSA) is 52.0 Å². The molecule has 0 heterocycles. The Balaban J connectivity index is 3.24. The average molecular weight is 175 g/mol. The van der Waals surface area contributed by atoms with E-state index in [1.165, 1.54) is 6.07 Å². The molecule has 0 spiro atoms. The minimum Gasteiger partial charge on any atom is -0.397 e. The molecule has 0 atom stereocenters. The van der Waals surface area contributed by atoms with Crippen molar-refractivity contribution in [2.75, 3.05) is 5.73 Å². The summed E-state index contributed by atoms with van der Waals surface area (Å²) in [7, 11) is 0. The summed E-state index contributed by atoms with van der Waals surface area (Å²) in [5.74, 6) is -0.412. The molecular formula is C7H8ClFN2. The van der Waals surface area contributed by atoms with Crippen LogP contribution in [0.15, 0.2) is 12.1 Å². The van der Waals surface area contributed by atoms with Crippen molar-refractivity contribution in [3.8, 4) is 0 Å². The number of rotatable bonds is 1. The molecule has 0 fully saturated rings. The van der Waals surface area contributed by atoms with Crippen LogP contribution >= 0.6 is 11.6 Å². The number of anilines is 1. The Labute approximate surface area is 68.9 Å². The summed E-state index contributed by atoms with van der Waals surface area (Å²) in [4.78, 5) is 0. The summed E-state index contributed by atoms with van der Waals surface area (Å²) in [6.07, 6.45) is 0. The molecule has 1 aromatic carbocycles. The monoisotopic (exact) mass is 174 g/mol. The first-order valence-electron chi connectivity index (χ1n) is 3.08. The number of hydrogen-bond acceptors (Lipinski definition) is 2. The van der Waals surface area contributed by atoms with Gasteiger partial charge >= 0.3 is 0 Å². The van der Waals surface area contributed by atoms with Gasteiger partial charge in [-0.2, -0.15) is 0 Å². The van der Waals surface area contributed by atoms with Crippen LogP contribution in [0.1, 0.15) is 5.56 Å². The van der Waals surface area contributed by atoms with E-state index in [0.29, 0.717) is 11.3 Å². The van der Waals surface area contributed by atoms with Crippen LogP contribution in [0.2, 0.25) is 5.02 Å². The largest absolute Gasteiger partial charge is 0.397 e. The summed E-state index contributed by atoms with van der Waals surface area (Å²) in [6.45, 7) is 0.198. The normalized spacial score (nSPS) is 10.1. The van der Waals surface area contributed by atoms with E-state index in [9.17, 15) is 4.39 Å². The minimum atomic E-state index is -0.412. The summed E-state index contributed by atoms with van der Waals surface area (Å²) in [6, 6.07) is 2.44. The van der Waals surface area contributed by atoms with Crippen molar-refractivity contribution in [1.29, 1.82) is 0 Å². The van der Waals surface area contributed by atoms with Gasteiger partial charge in [-0.15, -0.1) is 0 Å².